The molecule has 2 aliphatic rings. The summed E-state index contributed by atoms with van der Waals surface area (Å²) >= 11 is 0. The van der Waals surface area contributed by atoms with Gasteiger partial charge in [0.25, 0.3) is 0 Å². The summed E-state index contributed by atoms with van der Waals surface area (Å²) in [5, 5.41) is 0. The van der Waals surface area contributed by atoms with Crippen molar-refractivity contribution in [2.75, 3.05) is 6.61 Å². The lowest BCUT2D eigenvalue weighted by molar-refractivity contribution is 0.141. The second-order valence-corrected chi connectivity index (χ2v) is 11.9. The van der Waals surface area contributed by atoms with Crippen molar-refractivity contribution in [3.63, 3.8) is 0 Å². The van der Waals surface area contributed by atoms with Crippen LogP contribution < -0.4 is 4.74 Å². The highest BCUT2D eigenvalue weighted by Crippen LogP contribution is 2.43. The van der Waals surface area contributed by atoms with Gasteiger partial charge in [-0.25, -0.2) is 0 Å². The maximum atomic E-state index is 5.99. The second-order valence-electron chi connectivity index (χ2n) is 11.9. The first-order chi connectivity index (χ1) is 16.8. The quantitative estimate of drug-likeness (QED) is 0.219. The van der Waals surface area contributed by atoms with E-state index in [-0.39, 0.29) is 0 Å². The molecule has 2 aliphatic carbocycles. The van der Waals surface area contributed by atoms with E-state index in [1.54, 1.807) is 0 Å². The highest BCUT2D eigenvalue weighted by Gasteiger charge is 2.30. The molecule has 1 aromatic carbocycles. The smallest absolute Gasteiger partial charge is 0.119 e. The van der Waals surface area contributed by atoms with E-state index in [4.69, 9.17) is 4.74 Å². The molecule has 34 heavy (non-hydrogen) atoms. The van der Waals surface area contributed by atoms with Gasteiger partial charge in [-0.15, -0.1) is 0 Å². The van der Waals surface area contributed by atoms with Crippen molar-refractivity contribution in [3.8, 4) is 5.75 Å². The fourth-order valence-electron chi connectivity index (χ4n) is 6.85. The van der Waals surface area contributed by atoms with Crippen molar-refractivity contribution < 1.29 is 4.74 Å². The van der Waals surface area contributed by atoms with Crippen molar-refractivity contribution in [1.82, 2.24) is 0 Å². The van der Waals surface area contributed by atoms with Gasteiger partial charge in [-0.3, -0.25) is 0 Å². The molecular formula is C33H56O. The van der Waals surface area contributed by atoms with Crippen LogP contribution in [0.3, 0.4) is 0 Å². The highest BCUT2D eigenvalue weighted by atomic mass is 16.5. The molecule has 0 heterocycles. The highest BCUT2D eigenvalue weighted by molar-refractivity contribution is 5.27. The summed E-state index contributed by atoms with van der Waals surface area (Å²) in [6.07, 6.45) is 28.5. The summed E-state index contributed by atoms with van der Waals surface area (Å²) in [6.45, 7) is 5.51. The lowest BCUT2D eigenvalue weighted by atomic mass is 9.68. The van der Waals surface area contributed by atoms with Crippen LogP contribution in [0.1, 0.15) is 141 Å². The van der Waals surface area contributed by atoms with Gasteiger partial charge in [0.15, 0.2) is 0 Å². The van der Waals surface area contributed by atoms with Gasteiger partial charge in [0.1, 0.15) is 5.75 Å². The van der Waals surface area contributed by atoms with Gasteiger partial charge >= 0.3 is 0 Å². The molecule has 194 valence electrons. The van der Waals surface area contributed by atoms with E-state index in [0.29, 0.717) is 0 Å². The summed E-state index contributed by atoms with van der Waals surface area (Å²) in [5.41, 5.74) is 1.50. The summed E-state index contributed by atoms with van der Waals surface area (Å²) in [7, 11) is 0. The fraction of sp³-hybridized carbons (Fsp3) is 0.818. The number of unbranched alkanes of at least 4 members (excludes halogenated alkanes) is 7. The minimum absolute atomic E-state index is 0.873. The lowest BCUT2D eigenvalue weighted by Crippen LogP contribution is -2.26. The third kappa shape index (κ3) is 10.3. The zero-order valence-corrected chi connectivity index (χ0v) is 22.9. The molecule has 0 radical (unpaired) electrons. The van der Waals surface area contributed by atoms with Gasteiger partial charge in [0, 0.05) is 0 Å². The van der Waals surface area contributed by atoms with Crippen LogP contribution in [0.15, 0.2) is 24.3 Å². The van der Waals surface area contributed by atoms with Gasteiger partial charge in [-0.1, -0.05) is 109 Å². The molecule has 0 spiro atoms. The number of aryl methyl sites for hydroxylation is 1. The Kier molecular flexibility index (Phi) is 13.5. The van der Waals surface area contributed by atoms with Crippen molar-refractivity contribution in [3.05, 3.63) is 29.8 Å². The molecule has 1 nitrogen and oxygen atoms in total. The second kappa shape index (κ2) is 16.6. The first kappa shape index (κ1) is 27.6. The van der Waals surface area contributed by atoms with Gasteiger partial charge in [0.05, 0.1) is 6.61 Å². The molecule has 0 bridgehead atoms. The van der Waals surface area contributed by atoms with Crippen LogP contribution in [0.25, 0.3) is 0 Å². The van der Waals surface area contributed by atoms with Gasteiger partial charge < -0.3 is 4.74 Å². The first-order valence-electron chi connectivity index (χ1n) is 15.5. The molecule has 0 atom stereocenters. The molecule has 2 saturated carbocycles. The summed E-state index contributed by atoms with van der Waals surface area (Å²) in [6, 6.07) is 9.02. The van der Waals surface area contributed by atoms with Crippen molar-refractivity contribution in [2.45, 2.75) is 142 Å². The molecule has 0 aromatic heterocycles. The van der Waals surface area contributed by atoms with E-state index in [2.05, 4.69) is 38.1 Å². The third-order valence-electron chi connectivity index (χ3n) is 9.18. The number of ether oxygens (including phenoxy) is 1. The lowest BCUT2D eigenvalue weighted by Gasteiger charge is -2.38. The van der Waals surface area contributed by atoms with E-state index in [1.807, 2.05) is 0 Å². The number of rotatable bonds is 16. The van der Waals surface area contributed by atoms with E-state index < -0.39 is 0 Å². The Morgan fingerprint density at radius 1 is 0.588 bits per heavy atom. The molecule has 0 aliphatic heterocycles. The Balaban J connectivity index is 1.22. The van der Waals surface area contributed by atoms with E-state index in [1.165, 1.54) is 134 Å². The molecule has 0 amide bonds. The predicted octanol–water partition coefficient (Wildman–Crippen LogP) is 10.6. The fourth-order valence-corrected chi connectivity index (χ4v) is 6.85. The van der Waals surface area contributed by atoms with Crippen LogP contribution in [-0.2, 0) is 6.42 Å². The summed E-state index contributed by atoms with van der Waals surface area (Å²) < 4.78 is 5.99. The van der Waals surface area contributed by atoms with Gasteiger partial charge in [-0.2, -0.15) is 0 Å². The maximum Gasteiger partial charge on any atom is 0.119 e. The third-order valence-corrected chi connectivity index (χ3v) is 9.18. The Hall–Kier alpha value is -0.980. The number of hydrogen-bond donors (Lipinski definition) is 0. The maximum absolute atomic E-state index is 5.99. The molecular weight excluding hydrogens is 412 g/mol. The predicted molar refractivity (Wildman–Crippen MR) is 149 cm³/mol. The average Bonchev–Trinajstić information content (AvgIpc) is 2.88. The molecule has 0 unspecified atom stereocenters. The molecule has 0 N–H and O–H groups in total. The van der Waals surface area contributed by atoms with E-state index in [0.717, 1.165) is 36.0 Å². The molecule has 3 rings (SSSR count). The molecule has 1 aromatic rings. The Morgan fingerprint density at radius 3 is 1.68 bits per heavy atom. The van der Waals surface area contributed by atoms with Gasteiger partial charge in [0.2, 0.25) is 0 Å². The zero-order chi connectivity index (χ0) is 23.8. The summed E-state index contributed by atoms with van der Waals surface area (Å²) in [4.78, 5) is 0. The largest absolute Gasteiger partial charge is 0.494 e. The minimum atomic E-state index is 0.873. The Labute approximate surface area is 212 Å². The Bertz CT molecular complexity index is 604. The van der Waals surface area contributed by atoms with Crippen molar-refractivity contribution in [2.24, 2.45) is 23.7 Å². The molecule has 2 fully saturated rings. The van der Waals surface area contributed by atoms with E-state index >= 15 is 0 Å². The zero-order valence-electron chi connectivity index (χ0n) is 22.9. The summed E-state index contributed by atoms with van der Waals surface area (Å²) in [5.74, 6) is 5.19. The first-order valence-corrected chi connectivity index (χ1v) is 15.5. The average molecular weight is 469 g/mol. The topological polar surface area (TPSA) is 9.23 Å². The van der Waals surface area contributed by atoms with Crippen LogP contribution in [-0.4, -0.2) is 6.61 Å². The van der Waals surface area contributed by atoms with Crippen LogP contribution in [0.4, 0.5) is 0 Å². The normalized spacial score (nSPS) is 25.4. The van der Waals surface area contributed by atoms with Crippen LogP contribution in [0, 0.1) is 23.7 Å². The van der Waals surface area contributed by atoms with E-state index in [9.17, 15) is 0 Å². The van der Waals surface area contributed by atoms with Crippen LogP contribution in [0.2, 0.25) is 0 Å². The molecule has 1 heteroatoms. The van der Waals surface area contributed by atoms with Crippen molar-refractivity contribution >= 4 is 0 Å². The van der Waals surface area contributed by atoms with Crippen LogP contribution in [0.5, 0.6) is 5.75 Å². The SMILES string of the molecule is CCCCCCCCCCOc1ccc(CCC2CCC(C3CCC(CCC)CC3)CC2)cc1. The van der Waals surface area contributed by atoms with Crippen molar-refractivity contribution in [1.29, 1.82) is 0 Å². The molecule has 0 saturated heterocycles. The Morgan fingerprint density at radius 2 is 1.12 bits per heavy atom. The van der Waals surface area contributed by atoms with Gasteiger partial charge in [-0.05, 0) is 86.3 Å². The standard InChI is InChI=1S/C33H56O/c1-3-5-6-7-8-9-10-11-27-34-33-25-19-30(20-26-33)14-13-29-17-23-32(24-18-29)31-21-15-28(12-4-2)16-22-31/h19-20,25-26,28-29,31-32H,3-18,21-24,27H2,1-2H3. The minimum Gasteiger partial charge on any atom is -0.494 e. The number of hydrogen-bond acceptors (Lipinski definition) is 1. The monoisotopic (exact) mass is 468 g/mol. The number of benzene rings is 1. The van der Waals surface area contributed by atoms with Crippen LogP contribution >= 0.6 is 0 Å².